The van der Waals surface area contributed by atoms with Crippen molar-refractivity contribution in [3.63, 3.8) is 0 Å². The Hall–Kier alpha value is -4.46. The molecule has 0 aliphatic heterocycles. The van der Waals surface area contributed by atoms with E-state index in [9.17, 15) is 14.4 Å². The van der Waals surface area contributed by atoms with Crippen LogP contribution in [0.4, 0.5) is 0 Å². The fraction of sp³-hybridized carbons (Fsp3) is 0.120. The van der Waals surface area contributed by atoms with Crippen molar-refractivity contribution in [3.8, 4) is 22.6 Å². The second-order valence-corrected chi connectivity index (χ2v) is 8.11. The molecule has 164 valence electrons. The van der Waals surface area contributed by atoms with E-state index in [4.69, 9.17) is 16.2 Å². The molecule has 2 heterocycles. The third-order valence-corrected chi connectivity index (χ3v) is 6.17. The van der Waals surface area contributed by atoms with Crippen LogP contribution in [0.25, 0.3) is 22.0 Å². The average Bonchev–Trinajstić information content (AvgIpc) is 3.58. The fourth-order valence-electron chi connectivity index (χ4n) is 4.21. The summed E-state index contributed by atoms with van der Waals surface area (Å²) in [6.45, 7) is 0. The van der Waals surface area contributed by atoms with Gasteiger partial charge in [0, 0.05) is 29.8 Å². The van der Waals surface area contributed by atoms with E-state index < -0.39 is 17.2 Å². The summed E-state index contributed by atoms with van der Waals surface area (Å²) >= 11 is 0. The van der Waals surface area contributed by atoms with Gasteiger partial charge in [0.25, 0.3) is 0 Å². The minimum atomic E-state index is -1.30. The number of fused-ring (bicyclic) bond motifs is 1. The molecule has 1 aliphatic carbocycles. The van der Waals surface area contributed by atoms with Crippen molar-refractivity contribution < 1.29 is 14.3 Å². The molecule has 0 bridgehead atoms. The Morgan fingerprint density at radius 2 is 1.70 bits per heavy atom. The van der Waals surface area contributed by atoms with Gasteiger partial charge in [0.2, 0.25) is 17.4 Å². The molecule has 5 rings (SSSR count). The first-order valence-electron chi connectivity index (χ1n) is 10.3. The van der Waals surface area contributed by atoms with Gasteiger partial charge in [-0.1, -0.05) is 18.2 Å². The zero-order chi connectivity index (χ0) is 23.2. The third kappa shape index (κ3) is 3.51. The number of pyridine rings is 2. The van der Waals surface area contributed by atoms with Gasteiger partial charge in [-0.25, -0.2) is 0 Å². The van der Waals surface area contributed by atoms with Crippen LogP contribution < -0.4 is 21.8 Å². The summed E-state index contributed by atoms with van der Waals surface area (Å²) in [5.74, 6) is -0.458. The van der Waals surface area contributed by atoms with Crippen LogP contribution in [0.3, 0.4) is 0 Å². The largest absolute Gasteiger partial charge is 0.457 e. The van der Waals surface area contributed by atoms with Gasteiger partial charge in [0.1, 0.15) is 16.9 Å². The van der Waals surface area contributed by atoms with Crippen molar-refractivity contribution in [2.24, 2.45) is 16.9 Å². The Morgan fingerprint density at radius 3 is 2.33 bits per heavy atom. The van der Waals surface area contributed by atoms with Crippen molar-refractivity contribution in [3.05, 3.63) is 89.0 Å². The normalized spacial score (nSPS) is 16.3. The molecule has 5 N–H and O–H groups in total. The van der Waals surface area contributed by atoms with E-state index in [1.165, 1.54) is 6.07 Å². The molecule has 8 nitrogen and oxygen atoms in total. The number of aromatic nitrogens is 2. The molecular weight excluding hydrogens is 420 g/mol. The Labute approximate surface area is 188 Å². The number of H-pyrrole nitrogens is 1. The maximum Gasteiger partial charge on any atom is 0.247 e. The number of benzene rings is 2. The molecule has 2 aromatic carbocycles. The molecule has 1 aliphatic rings. The average molecular weight is 440 g/mol. The predicted octanol–water partition coefficient (Wildman–Crippen LogP) is 2.83. The molecule has 2 aromatic heterocycles. The number of carbonyl (C=O) groups excluding carboxylic acids is 2. The number of amides is 2. The summed E-state index contributed by atoms with van der Waals surface area (Å²) in [5, 5.41) is 0.832. The molecule has 0 saturated heterocycles. The van der Waals surface area contributed by atoms with Crippen LogP contribution in [0, 0.1) is 5.41 Å². The second-order valence-electron chi connectivity index (χ2n) is 8.11. The number of aromatic amines is 1. The van der Waals surface area contributed by atoms with Crippen LogP contribution >= 0.6 is 0 Å². The molecule has 2 amide bonds. The van der Waals surface area contributed by atoms with Gasteiger partial charge in [-0.3, -0.25) is 19.4 Å². The van der Waals surface area contributed by atoms with Crippen LogP contribution in [-0.2, 0) is 9.59 Å². The molecule has 1 unspecified atom stereocenters. The monoisotopic (exact) mass is 440 g/mol. The summed E-state index contributed by atoms with van der Waals surface area (Å²) in [5.41, 5.74) is 12.7. The summed E-state index contributed by atoms with van der Waals surface area (Å²) in [6.07, 6.45) is 3.65. The molecule has 0 spiro atoms. The summed E-state index contributed by atoms with van der Waals surface area (Å²) in [7, 11) is 0. The lowest BCUT2D eigenvalue weighted by atomic mass is 9.97. The lowest BCUT2D eigenvalue weighted by Gasteiger charge is -2.11. The molecule has 33 heavy (non-hydrogen) atoms. The highest BCUT2D eigenvalue weighted by molar-refractivity contribution is 6.08. The van der Waals surface area contributed by atoms with Gasteiger partial charge in [-0.2, -0.15) is 0 Å². The highest BCUT2D eigenvalue weighted by Crippen LogP contribution is 2.59. The smallest absolute Gasteiger partial charge is 0.247 e. The van der Waals surface area contributed by atoms with Crippen LogP contribution in [-0.4, -0.2) is 21.8 Å². The van der Waals surface area contributed by atoms with E-state index in [0.717, 1.165) is 27.6 Å². The Kier molecular flexibility index (Phi) is 4.70. The number of carbonyl (C=O) groups is 2. The minimum absolute atomic E-state index is 0.156. The standard InChI is InChI=1S/C25H20N4O4/c26-23(31)25(24(27)32)12-19(25)14-1-5-17(6-2-14)33-21-9-10-28-20-11-15(3-7-18(20)21)16-4-8-22(30)29-13-16/h1-11,13,19H,12H2,(H2,26,31)(H2,27,32)(H,29,30). The number of nitrogens with two attached hydrogens (primary N) is 2. The van der Waals surface area contributed by atoms with Crippen LogP contribution in [0.1, 0.15) is 17.9 Å². The quantitative estimate of drug-likeness (QED) is 0.395. The SMILES string of the molecule is NC(=O)C1(C(N)=O)CC1c1ccc(Oc2ccnc3cc(-c4ccc(=O)[nH]c4)ccc23)cc1. The predicted molar refractivity (Wildman–Crippen MR) is 122 cm³/mol. The maximum atomic E-state index is 11.7. The Morgan fingerprint density at radius 1 is 0.970 bits per heavy atom. The van der Waals surface area contributed by atoms with Crippen molar-refractivity contribution in [2.75, 3.05) is 0 Å². The number of hydrogen-bond donors (Lipinski definition) is 3. The lowest BCUT2D eigenvalue weighted by Crippen LogP contribution is -2.38. The van der Waals surface area contributed by atoms with Crippen molar-refractivity contribution in [1.29, 1.82) is 0 Å². The van der Waals surface area contributed by atoms with E-state index in [1.807, 2.05) is 30.3 Å². The van der Waals surface area contributed by atoms with Gasteiger partial charge >= 0.3 is 0 Å². The molecule has 1 fully saturated rings. The number of rotatable bonds is 6. The van der Waals surface area contributed by atoms with Gasteiger partial charge in [-0.15, -0.1) is 0 Å². The van der Waals surface area contributed by atoms with Gasteiger partial charge < -0.3 is 21.2 Å². The Balaban J connectivity index is 1.39. The molecule has 1 atom stereocenters. The van der Waals surface area contributed by atoms with E-state index in [-0.39, 0.29) is 11.5 Å². The van der Waals surface area contributed by atoms with Gasteiger partial charge in [-0.05, 0) is 59.5 Å². The highest BCUT2D eigenvalue weighted by Gasteiger charge is 2.64. The second kappa shape index (κ2) is 7.59. The van der Waals surface area contributed by atoms with E-state index in [2.05, 4.69) is 9.97 Å². The van der Waals surface area contributed by atoms with Crippen LogP contribution in [0.5, 0.6) is 11.5 Å². The summed E-state index contributed by atoms with van der Waals surface area (Å²) in [6, 6.07) is 18.0. The van der Waals surface area contributed by atoms with Crippen LogP contribution in [0.2, 0.25) is 0 Å². The van der Waals surface area contributed by atoms with Crippen molar-refractivity contribution in [2.45, 2.75) is 12.3 Å². The van der Waals surface area contributed by atoms with Crippen LogP contribution in [0.15, 0.2) is 77.9 Å². The summed E-state index contributed by atoms with van der Waals surface area (Å²) < 4.78 is 6.08. The lowest BCUT2D eigenvalue weighted by molar-refractivity contribution is -0.133. The zero-order valence-corrected chi connectivity index (χ0v) is 17.4. The number of nitrogens with zero attached hydrogens (tertiary/aromatic N) is 1. The first kappa shape index (κ1) is 20.4. The number of nitrogens with one attached hydrogen (secondary N) is 1. The molecule has 4 aromatic rings. The van der Waals surface area contributed by atoms with Gasteiger partial charge in [0.05, 0.1) is 5.52 Å². The van der Waals surface area contributed by atoms with E-state index in [0.29, 0.717) is 17.9 Å². The third-order valence-electron chi connectivity index (χ3n) is 6.17. The number of primary amides is 2. The number of ether oxygens (including phenoxy) is 1. The maximum absolute atomic E-state index is 11.7. The zero-order valence-electron chi connectivity index (χ0n) is 17.4. The van der Waals surface area contributed by atoms with Gasteiger partial charge in [0.15, 0.2) is 0 Å². The topological polar surface area (TPSA) is 141 Å². The molecular formula is C25H20N4O4. The highest BCUT2D eigenvalue weighted by atomic mass is 16.5. The van der Waals surface area contributed by atoms with Crippen molar-refractivity contribution >= 4 is 22.7 Å². The van der Waals surface area contributed by atoms with E-state index >= 15 is 0 Å². The first-order chi connectivity index (χ1) is 15.9. The molecule has 0 radical (unpaired) electrons. The van der Waals surface area contributed by atoms with Crippen molar-refractivity contribution in [1.82, 2.24) is 9.97 Å². The minimum Gasteiger partial charge on any atom is -0.457 e. The summed E-state index contributed by atoms with van der Waals surface area (Å²) in [4.78, 5) is 41.9. The van der Waals surface area contributed by atoms with E-state index in [1.54, 1.807) is 36.7 Å². The molecule has 1 saturated carbocycles. The Bertz CT molecular complexity index is 1430. The first-order valence-corrected chi connectivity index (χ1v) is 10.3. The number of hydrogen-bond acceptors (Lipinski definition) is 5. The molecule has 8 heteroatoms. The fourth-order valence-corrected chi connectivity index (χ4v) is 4.21.